The highest BCUT2D eigenvalue weighted by atomic mass is 32.2. The van der Waals surface area contributed by atoms with Gasteiger partial charge in [0.25, 0.3) is 0 Å². The van der Waals surface area contributed by atoms with Gasteiger partial charge in [-0.25, -0.2) is 5.43 Å². The number of carbonyl (C=O) groups is 1. The Morgan fingerprint density at radius 3 is 2.75 bits per heavy atom. The Kier molecular flexibility index (Phi) is 9.41. The van der Waals surface area contributed by atoms with Crippen molar-refractivity contribution in [3.63, 3.8) is 0 Å². The molecule has 1 aromatic carbocycles. The molecule has 0 aliphatic rings. The maximum atomic E-state index is 12.4. The number of aliphatic hydroxyl groups excluding tert-OH is 1. The summed E-state index contributed by atoms with van der Waals surface area (Å²) in [6.07, 6.45) is 2.91. The molecule has 0 heterocycles. The Balaban J connectivity index is 2.64. The van der Waals surface area contributed by atoms with Crippen molar-refractivity contribution >= 4 is 17.7 Å². The number of rotatable bonds is 11. The number of amides is 1. The number of benzene rings is 1. The number of hydrogen-bond acceptors (Lipinski definition) is 4. The van der Waals surface area contributed by atoms with Crippen LogP contribution >= 0.6 is 11.8 Å². The standard InChI is InChI=1S/C19H32N2O2S/c1-15-7-5-8-16(13-15)17(18(23)21-20-4)9-6-10-19(2,3)14-24-12-11-22/h5,7-8,13,17,20,22H,6,9-12,14H2,1-4H3,(H,21,23). The van der Waals surface area contributed by atoms with E-state index >= 15 is 0 Å². The van der Waals surface area contributed by atoms with E-state index in [9.17, 15) is 4.79 Å². The maximum Gasteiger partial charge on any atom is 0.241 e. The summed E-state index contributed by atoms with van der Waals surface area (Å²) in [5.74, 6) is 1.72. The molecule has 136 valence electrons. The zero-order valence-corrected chi connectivity index (χ0v) is 16.2. The molecule has 0 saturated carbocycles. The summed E-state index contributed by atoms with van der Waals surface area (Å²) in [6.45, 7) is 6.80. The first-order valence-electron chi connectivity index (χ1n) is 8.61. The van der Waals surface area contributed by atoms with Gasteiger partial charge in [0.05, 0.1) is 12.5 Å². The lowest BCUT2D eigenvalue weighted by molar-refractivity contribution is -0.123. The van der Waals surface area contributed by atoms with E-state index in [0.29, 0.717) is 0 Å². The highest BCUT2D eigenvalue weighted by molar-refractivity contribution is 7.99. The smallest absolute Gasteiger partial charge is 0.241 e. The molecule has 5 heteroatoms. The average Bonchev–Trinajstić information content (AvgIpc) is 2.52. The predicted octanol–water partition coefficient (Wildman–Crippen LogP) is 3.25. The molecule has 0 spiro atoms. The van der Waals surface area contributed by atoms with Crippen molar-refractivity contribution in [2.24, 2.45) is 5.41 Å². The fourth-order valence-corrected chi connectivity index (χ4v) is 3.79. The molecule has 0 aliphatic carbocycles. The van der Waals surface area contributed by atoms with Gasteiger partial charge >= 0.3 is 0 Å². The summed E-state index contributed by atoms with van der Waals surface area (Å²) < 4.78 is 0. The van der Waals surface area contributed by atoms with Crippen LogP contribution in [0.4, 0.5) is 0 Å². The van der Waals surface area contributed by atoms with Crippen LogP contribution in [0.1, 0.15) is 50.2 Å². The Labute approximate surface area is 150 Å². The van der Waals surface area contributed by atoms with E-state index in [1.165, 1.54) is 5.56 Å². The van der Waals surface area contributed by atoms with Gasteiger partial charge in [-0.2, -0.15) is 11.8 Å². The fourth-order valence-electron chi connectivity index (χ4n) is 2.82. The summed E-state index contributed by atoms with van der Waals surface area (Å²) in [4.78, 5) is 12.4. The lowest BCUT2D eigenvalue weighted by atomic mass is 9.85. The third-order valence-electron chi connectivity index (χ3n) is 4.08. The largest absolute Gasteiger partial charge is 0.396 e. The second kappa shape index (κ2) is 10.7. The molecule has 0 radical (unpaired) electrons. The normalized spacial score (nSPS) is 12.9. The van der Waals surface area contributed by atoms with Crippen LogP contribution in [0.25, 0.3) is 0 Å². The zero-order chi connectivity index (χ0) is 18.0. The van der Waals surface area contributed by atoms with Crippen molar-refractivity contribution < 1.29 is 9.90 Å². The van der Waals surface area contributed by atoms with E-state index < -0.39 is 0 Å². The van der Waals surface area contributed by atoms with Crippen LogP contribution in [0.2, 0.25) is 0 Å². The molecule has 24 heavy (non-hydrogen) atoms. The molecule has 0 saturated heterocycles. The van der Waals surface area contributed by atoms with Gasteiger partial charge in [0.1, 0.15) is 0 Å². The van der Waals surface area contributed by atoms with E-state index in [4.69, 9.17) is 5.11 Å². The van der Waals surface area contributed by atoms with Crippen LogP contribution in [-0.2, 0) is 4.79 Å². The van der Waals surface area contributed by atoms with Gasteiger partial charge in [0.2, 0.25) is 5.91 Å². The van der Waals surface area contributed by atoms with Crippen LogP contribution in [0, 0.1) is 12.3 Å². The molecule has 1 unspecified atom stereocenters. The zero-order valence-electron chi connectivity index (χ0n) is 15.4. The Bertz CT molecular complexity index is 506. The average molecular weight is 353 g/mol. The molecule has 1 aromatic rings. The monoisotopic (exact) mass is 352 g/mol. The van der Waals surface area contributed by atoms with Gasteiger partial charge in [-0.15, -0.1) is 0 Å². The van der Waals surface area contributed by atoms with Crippen molar-refractivity contribution in [2.75, 3.05) is 25.2 Å². The first-order chi connectivity index (χ1) is 11.4. The van der Waals surface area contributed by atoms with E-state index in [0.717, 1.165) is 36.3 Å². The van der Waals surface area contributed by atoms with Crippen molar-refractivity contribution in [3.8, 4) is 0 Å². The van der Waals surface area contributed by atoms with Crippen molar-refractivity contribution in [2.45, 2.75) is 46.0 Å². The first-order valence-corrected chi connectivity index (χ1v) is 9.77. The van der Waals surface area contributed by atoms with Gasteiger partial charge in [-0.05, 0) is 36.5 Å². The second-order valence-corrected chi connectivity index (χ2v) is 8.14. The molecule has 0 aromatic heterocycles. The predicted molar refractivity (Wildman–Crippen MR) is 103 cm³/mol. The molecule has 0 aliphatic heterocycles. The quantitative estimate of drug-likeness (QED) is 0.423. The summed E-state index contributed by atoms with van der Waals surface area (Å²) in [7, 11) is 1.71. The highest BCUT2D eigenvalue weighted by Crippen LogP contribution is 2.31. The van der Waals surface area contributed by atoms with E-state index in [1.807, 2.05) is 12.1 Å². The lowest BCUT2D eigenvalue weighted by Crippen LogP contribution is -2.38. The molecule has 0 fully saturated rings. The SMILES string of the molecule is CNNC(=O)C(CCCC(C)(C)CSCCO)c1cccc(C)c1. The van der Waals surface area contributed by atoms with Crippen LogP contribution in [0.5, 0.6) is 0 Å². The number of aryl methyl sites for hydroxylation is 1. The Morgan fingerprint density at radius 2 is 2.12 bits per heavy atom. The third-order valence-corrected chi connectivity index (χ3v) is 5.54. The van der Waals surface area contributed by atoms with Crippen LogP contribution in [0.15, 0.2) is 24.3 Å². The first kappa shape index (κ1) is 21.0. The number of hydrazine groups is 1. The number of thioether (sulfide) groups is 1. The molecular weight excluding hydrogens is 320 g/mol. The number of aliphatic hydroxyl groups is 1. The molecule has 1 atom stereocenters. The molecule has 1 rings (SSSR count). The van der Waals surface area contributed by atoms with E-state index in [1.54, 1.807) is 18.8 Å². The van der Waals surface area contributed by atoms with Crippen molar-refractivity contribution in [3.05, 3.63) is 35.4 Å². The summed E-state index contributed by atoms with van der Waals surface area (Å²) in [5.41, 5.74) is 7.95. The van der Waals surface area contributed by atoms with Crippen LogP contribution < -0.4 is 10.9 Å². The van der Waals surface area contributed by atoms with Gasteiger partial charge in [0.15, 0.2) is 0 Å². The van der Waals surface area contributed by atoms with Crippen LogP contribution in [-0.4, -0.2) is 36.2 Å². The summed E-state index contributed by atoms with van der Waals surface area (Å²) >= 11 is 1.79. The van der Waals surface area contributed by atoms with Gasteiger partial charge in [-0.1, -0.05) is 50.1 Å². The van der Waals surface area contributed by atoms with Gasteiger partial charge in [0, 0.05) is 12.8 Å². The third kappa shape index (κ3) is 7.69. The topological polar surface area (TPSA) is 61.4 Å². The van der Waals surface area contributed by atoms with Gasteiger partial charge < -0.3 is 5.11 Å². The fraction of sp³-hybridized carbons (Fsp3) is 0.632. The minimum Gasteiger partial charge on any atom is -0.396 e. The van der Waals surface area contributed by atoms with Crippen molar-refractivity contribution in [1.82, 2.24) is 10.9 Å². The molecular formula is C19H32N2O2S. The number of nitrogens with one attached hydrogen (secondary N) is 2. The molecule has 3 N–H and O–H groups in total. The Hall–Kier alpha value is -1.04. The Morgan fingerprint density at radius 1 is 1.38 bits per heavy atom. The van der Waals surface area contributed by atoms with E-state index in [2.05, 4.69) is 43.8 Å². The van der Waals surface area contributed by atoms with Gasteiger partial charge in [-0.3, -0.25) is 10.2 Å². The highest BCUT2D eigenvalue weighted by Gasteiger charge is 2.23. The minimum atomic E-state index is -0.127. The minimum absolute atomic E-state index is 0.0237. The second-order valence-electron chi connectivity index (χ2n) is 7.04. The number of carbonyl (C=O) groups excluding carboxylic acids is 1. The van der Waals surface area contributed by atoms with Crippen molar-refractivity contribution in [1.29, 1.82) is 0 Å². The molecule has 4 nitrogen and oxygen atoms in total. The summed E-state index contributed by atoms with van der Waals surface area (Å²) in [5, 5.41) is 8.90. The number of hydrogen-bond donors (Lipinski definition) is 3. The molecule has 1 amide bonds. The van der Waals surface area contributed by atoms with Crippen LogP contribution in [0.3, 0.4) is 0 Å². The maximum absolute atomic E-state index is 12.4. The summed E-state index contributed by atoms with van der Waals surface area (Å²) in [6, 6.07) is 8.20. The van der Waals surface area contributed by atoms with E-state index in [-0.39, 0.29) is 23.8 Å². The lowest BCUT2D eigenvalue weighted by Gasteiger charge is -2.25. The molecule has 0 bridgehead atoms.